The van der Waals surface area contributed by atoms with Crippen LogP contribution >= 0.6 is 0 Å². The molecule has 0 unspecified atom stereocenters. The fourth-order valence-corrected chi connectivity index (χ4v) is 1.65. The number of rotatable bonds is 0. The number of nitrogens with zero attached hydrogens (tertiary/aromatic N) is 2. The molecule has 0 atom stereocenters. The first-order chi connectivity index (χ1) is 7.39. The normalized spacial score (nSPS) is 12.1. The van der Waals surface area contributed by atoms with E-state index in [-0.39, 0.29) is 5.52 Å². The monoisotopic (exact) mass is 226 g/mol. The largest absolute Gasteiger partial charge is 0.418 e. The zero-order valence-corrected chi connectivity index (χ0v) is 8.76. The Hall–Kier alpha value is -1.65. The lowest BCUT2D eigenvalue weighted by molar-refractivity contribution is -0.136. The summed E-state index contributed by atoms with van der Waals surface area (Å²) in [5, 5.41) is 0.454. The second-order valence-electron chi connectivity index (χ2n) is 3.67. The van der Waals surface area contributed by atoms with Gasteiger partial charge in [0.1, 0.15) is 6.33 Å². The Morgan fingerprint density at radius 1 is 1.06 bits per heavy atom. The Bertz CT molecular complexity index is 547. The topological polar surface area (TPSA) is 25.8 Å². The van der Waals surface area contributed by atoms with E-state index in [1.807, 2.05) is 0 Å². The highest BCUT2D eigenvalue weighted by Crippen LogP contribution is 2.35. The molecule has 0 radical (unpaired) electrons. The molecule has 0 saturated heterocycles. The number of aryl methyl sites for hydroxylation is 2. The number of alkyl halides is 3. The number of halogens is 3. The van der Waals surface area contributed by atoms with Gasteiger partial charge in [0.25, 0.3) is 0 Å². The summed E-state index contributed by atoms with van der Waals surface area (Å²) < 4.78 is 38.3. The molecule has 1 aromatic heterocycles. The zero-order valence-electron chi connectivity index (χ0n) is 8.76. The minimum absolute atomic E-state index is 0.0365. The summed E-state index contributed by atoms with van der Waals surface area (Å²) in [6.07, 6.45) is -3.23. The maximum Gasteiger partial charge on any atom is 0.418 e. The Morgan fingerprint density at radius 2 is 1.75 bits per heavy atom. The van der Waals surface area contributed by atoms with E-state index < -0.39 is 11.7 Å². The van der Waals surface area contributed by atoms with Crippen LogP contribution in [0.3, 0.4) is 0 Å². The van der Waals surface area contributed by atoms with Crippen molar-refractivity contribution in [2.75, 3.05) is 0 Å². The molecule has 0 aliphatic carbocycles. The van der Waals surface area contributed by atoms with Crippen molar-refractivity contribution in [3.8, 4) is 0 Å². The Labute approximate surface area is 90.1 Å². The first-order valence-electron chi connectivity index (χ1n) is 4.69. The zero-order chi connectivity index (χ0) is 11.9. The summed E-state index contributed by atoms with van der Waals surface area (Å²) in [4.78, 5) is 7.61. The highest BCUT2D eigenvalue weighted by Gasteiger charge is 2.33. The van der Waals surface area contributed by atoms with Crippen LogP contribution in [0.4, 0.5) is 13.2 Å². The third kappa shape index (κ3) is 1.73. The Balaban J connectivity index is 2.89. The molecule has 2 nitrogen and oxygen atoms in total. The summed E-state index contributed by atoms with van der Waals surface area (Å²) >= 11 is 0. The van der Waals surface area contributed by atoms with E-state index in [1.54, 1.807) is 19.9 Å². The molecule has 0 N–H and O–H groups in total. The van der Waals surface area contributed by atoms with Crippen molar-refractivity contribution in [3.63, 3.8) is 0 Å². The van der Waals surface area contributed by atoms with Crippen molar-refractivity contribution in [1.29, 1.82) is 0 Å². The van der Waals surface area contributed by atoms with Crippen LogP contribution in [0.5, 0.6) is 0 Å². The second kappa shape index (κ2) is 3.43. The molecule has 0 aliphatic heterocycles. The van der Waals surface area contributed by atoms with Crippen LogP contribution in [-0.2, 0) is 6.18 Å². The van der Waals surface area contributed by atoms with Crippen LogP contribution in [0.2, 0.25) is 0 Å². The summed E-state index contributed by atoms with van der Waals surface area (Å²) in [5.41, 5.74) is 0.371. The highest BCUT2D eigenvalue weighted by atomic mass is 19.4. The first-order valence-corrected chi connectivity index (χ1v) is 4.69. The predicted molar refractivity (Wildman–Crippen MR) is 54.0 cm³/mol. The maximum absolute atomic E-state index is 12.8. The van der Waals surface area contributed by atoms with Crippen molar-refractivity contribution in [2.45, 2.75) is 20.0 Å². The summed E-state index contributed by atoms with van der Waals surface area (Å²) in [7, 11) is 0. The van der Waals surface area contributed by atoms with Crippen LogP contribution in [0.15, 0.2) is 18.5 Å². The van der Waals surface area contributed by atoms with E-state index in [0.29, 0.717) is 16.6 Å². The molecule has 1 heterocycles. The van der Waals surface area contributed by atoms with Crippen molar-refractivity contribution >= 4 is 10.9 Å². The van der Waals surface area contributed by atoms with Crippen molar-refractivity contribution < 1.29 is 13.2 Å². The average Bonchev–Trinajstić information content (AvgIpc) is 2.17. The van der Waals surface area contributed by atoms with E-state index in [1.165, 1.54) is 0 Å². The lowest BCUT2D eigenvalue weighted by Crippen LogP contribution is -2.07. The number of hydrogen-bond acceptors (Lipinski definition) is 2. The van der Waals surface area contributed by atoms with E-state index >= 15 is 0 Å². The Kier molecular flexibility index (Phi) is 2.33. The summed E-state index contributed by atoms with van der Waals surface area (Å²) in [5.74, 6) is 0. The molecule has 1 aromatic carbocycles. The van der Waals surface area contributed by atoms with Gasteiger partial charge in [-0.3, -0.25) is 0 Å². The molecular weight excluding hydrogens is 217 g/mol. The van der Waals surface area contributed by atoms with Crippen molar-refractivity contribution in [2.24, 2.45) is 0 Å². The number of aromatic nitrogens is 2. The number of fused-ring (bicyclic) bond motifs is 1. The average molecular weight is 226 g/mol. The first kappa shape index (κ1) is 10.9. The van der Waals surface area contributed by atoms with Gasteiger partial charge in [0.2, 0.25) is 0 Å². The van der Waals surface area contributed by atoms with Gasteiger partial charge in [0.15, 0.2) is 0 Å². The summed E-state index contributed by atoms with van der Waals surface area (Å²) in [6, 6.07) is 2.77. The highest BCUT2D eigenvalue weighted by molar-refractivity contribution is 5.84. The fourth-order valence-electron chi connectivity index (χ4n) is 1.65. The van der Waals surface area contributed by atoms with E-state index in [4.69, 9.17) is 0 Å². The van der Waals surface area contributed by atoms with Crippen LogP contribution in [0, 0.1) is 13.8 Å². The van der Waals surface area contributed by atoms with Gasteiger partial charge in [0.05, 0.1) is 11.1 Å². The molecule has 0 spiro atoms. The van der Waals surface area contributed by atoms with Gasteiger partial charge in [-0.2, -0.15) is 13.2 Å². The molecule has 0 amide bonds. The lowest BCUT2D eigenvalue weighted by atomic mass is 10.0. The third-order valence-electron chi connectivity index (χ3n) is 2.39. The molecule has 0 fully saturated rings. The number of hydrogen-bond donors (Lipinski definition) is 0. The van der Waals surface area contributed by atoms with Gasteiger partial charge in [0, 0.05) is 11.1 Å². The van der Waals surface area contributed by atoms with Gasteiger partial charge < -0.3 is 0 Å². The molecule has 0 bridgehead atoms. The van der Waals surface area contributed by atoms with Crippen LogP contribution < -0.4 is 0 Å². The quantitative estimate of drug-likeness (QED) is 0.689. The molecule has 0 saturated carbocycles. The maximum atomic E-state index is 12.8. The molecule has 2 rings (SSSR count). The smallest absolute Gasteiger partial charge is 0.241 e. The molecule has 16 heavy (non-hydrogen) atoms. The van der Waals surface area contributed by atoms with E-state index in [9.17, 15) is 13.2 Å². The van der Waals surface area contributed by atoms with Crippen LogP contribution in [0.1, 0.15) is 16.8 Å². The van der Waals surface area contributed by atoms with E-state index in [2.05, 4.69) is 9.97 Å². The molecule has 84 valence electrons. The van der Waals surface area contributed by atoms with Gasteiger partial charge in [-0.1, -0.05) is 0 Å². The minimum Gasteiger partial charge on any atom is -0.241 e. The van der Waals surface area contributed by atoms with Crippen molar-refractivity contribution in [1.82, 2.24) is 9.97 Å². The molecule has 5 heteroatoms. The standard InChI is InChI=1S/C11H9F3N2/c1-6-3-8-7(2)15-5-16-10(8)9(4-6)11(12,13)14/h3-5H,1-2H3. The second-order valence-corrected chi connectivity index (χ2v) is 3.67. The van der Waals surface area contributed by atoms with Gasteiger partial charge in [-0.25, -0.2) is 9.97 Å². The number of benzene rings is 1. The van der Waals surface area contributed by atoms with Gasteiger partial charge >= 0.3 is 6.18 Å². The molecule has 2 aromatic rings. The van der Waals surface area contributed by atoms with Gasteiger partial charge in [-0.05, 0) is 31.5 Å². The summed E-state index contributed by atoms with van der Waals surface area (Å²) in [6.45, 7) is 3.30. The fraction of sp³-hybridized carbons (Fsp3) is 0.273. The minimum atomic E-state index is -4.38. The molecular formula is C11H9F3N2. The third-order valence-corrected chi connectivity index (χ3v) is 2.39. The SMILES string of the molecule is Cc1cc(C(F)(F)F)c2ncnc(C)c2c1. The van der Waals surface area contributed by atoms with Gasteiger partial charge in [-0.15, -0.1) is 0 Å². The molecule has 0 aliphatic rings. The van der Waals surface area contributed by atoms with Crippen LogP contribution in [-0.4, -0.2) is 9.97 Å². The van der Waals surface area contributed by atoms with Crippen LogP contribution in [0.25, 0.3) is 10.9 Å². The van der Waals surface area contributed by atoms with Crippen molar-refractivity contribution in [3.05, 3.63) is 35.3 Å². The Morgan fingerprint density at radius 3 is 2.38 bits per heavy atom. The lowest BCUT2D eigenvalue weighted by Gasteiger charge is -2.11. The van der Waals surface area contributed by atoms with E-state index in [0.717, 1.165) is 12.4 Å². The predicted octanol–water partition coefficient (Wildman–Crippen LogP) is 3.27.